The molecule has 3 rings (SSSR count). The summed E-state index contributed by atoms with van der Waals surface area (Å²) in [5.41, 5.74) is 4.56. The second-order valence-electron chi connectivity index (χ2n) is 8.01. The summed E-state index contributed by atoms with van der Waals surface area (Å²) in [7, 11) is 0. The predicted octanol–water partition coefficient (Wildman–Crippen LogP) is 5.47. The Morgan fingerprint density at radius 3 is 2.30 bits per heavy atom. The fourth-order valence-corrected chi connectivity index (χ4v) is 4.00. The molecule has 0 fully saturated rings. The van der Waals surface area contributed by atoms with E-state index in [9.17, 15) is 18.0 Å². The number of carbonyl (C=O) groups excluding carboxylic acids is 1. The zero-order valence-corrected chi connectivity index (χ0v) is 18.6. The average Bonchev–Trinajstić information content (AvgIpc) is 3.19. The van der Waals surface area contributed by atoms with Crippen molar-refractivity contribution in [2.45, 2.75) is 64.0 Å². The lowest BCUT2D eigenvalue weighted by molar-refractivity contribution is -0.141. The van der Waals surface area contributed by atoms with E-state index in [1.54, 1.807) is 6.07 Å². The van der Waals surface area contributed by atoms with Crippen LogP contribution in [0.5, 0.6) is 0 Å². The molecule has 2 N–H and O–H groups in total. The first kappa shape index (κ1) is 24.4. The number of hydrogen-bond donors (Lipinski definition) is 1. The van der Waals surface area contributed by atoms with Crippen molar-refractivity contribution in [1.29, 1.82) is 0 Å². The monoisotopic (exact) mass is 459 g/mol. The van der Waals surface area contributed by atoms with Gasteiger partial charge in [-0.3, -0.25) is 4.79 Å². The van der Waals surface area contributed by atoms with Gasteiger partial charge >= 0.3 is 6.18 Å². The number of hydrogen-bond acceptors (Lipinski definition) is 4. The number of amides is 1. The number of nitrogens with zero attached hydrogens (tertiary/aromatic N) is 4. The third-order valence-electron chi connectivity index (χ3n) is 5.60. The molecule has 0 aliphatic rings. The minimum absolute atomic E-state index is 0.0414. The summed E-state index contributed by atoms with van der Waals surface area (Å²) in [5, 5.41) is 3.71. The minimum atomic E-state index is -4.85. The van der Waals surface area contributed by atoms with Gasteiger partial charge in [0.2, 0.25) is 0 Å². The molecule has 0 radical (unpaired) electrons. The van der Waals surface area contributed by atoms with Crippen LogP contribution in [0.3, 0.4) is 0 Å². The molecule has 1 amide bonds. The summed E-state index contributed by atoms with van der Waals surface area (Å²) in [4.78, 5) is 20.3. The van der Waals surface area contributed by atoms with Crippen molar-refractivity contribution < 1.29 is 18.0 Å². The second kappa shape index (κ2) is 11.1. The van der Waals surface area contributed by atoms with E-state index in [0.717, 1.165) is 48.8 Å². The van der Waals surface area contributed by atoms with Crippen LogP contribution in [0, 0.1) is 0 Å². The Morgan fingerprint density at radius 1 is 1.03 bits per heavy atom. The van der Waals surface area contributed by atoms with Crippen molar-refractivity contribution in [2.24, 2.45) is 5.73 Å². The molecule has 3 aromatic rings. The van der Waals surface area contributed by atoms with Gasteiger partial charge in [0.1, 0.15) is 0 Å². The topological polar surface area (TPSA) is 86.7 Å². The van der Waals surface area contributed by atoms with Gasteiger partial charge in [-0.05, 0) is 30.4 Å². The number of primary amides is 1. The number of carbonyl (C=O) groups is 1. The smallest absolute Gasteiger partial charge is 0.365 e. The normalized spacial score (nSPS) is 12.6. The Labute approximate surface area is 191 Å². The highest BCUT2D eigenvalue weighted by atomic mass is 19.4. The Hall–Kier alpha value is -3.23. The number of alkyl halides is 3. The first-order chi connectivity index (χ1) is 15.8. The molecule has 0 aliphatic carbocycles. The molecule has 6 nitrogen and oxygen atoms in total. The summed E-state index contributed by atoms with van der Waals surface area (Å²) in [6.45, 7) is 2.14. The van der Waals surface area contributed by atoms with Crippen molar-refractivity contribution in [2.75, 3.05) is 0 Å². The second-order valence-corrected chi connectivity index (χ2v) is 8.01. The molecule has 2 aromatic heterocycles. The van der Waals surface area contributed by atoms with E-state index >= 15 is 0 Å². The lowest BCUT2D eigenvalue weighted by Crippen LogP contribution is -2.20. The fraction of sp³-hybridized carbons (Fsp3) is 0.417. The van der Waals surface area contributed by atoms with E-state index < -0.39 is 23.3 Å². The maximum atomic E-state index is 13.8. The van der Waals surface area contributed by atoms with Crippen molar-refractivity contribution in [3.8, 4) is 5.95 Å². The van der Waals surface area contributed by atoms with E-state index in [-0.39, 0.29) is 24.0 Å². The van der Waals surface area contributed by atoms with Gasteiger partial charge in [-0.25, -0.2) is 14.6 Å². The Kier molecular flexibility index (Phi) is 8.19. The summed E-state index contributed by atoms with van der Waals surface area (Å²) in [6, 6.07) is 11.1. The predicted molar refractivity (Wildman–Crippen MR) is 119 cm³/mol. The molecule has 176 valence electrons. The van der Waals surface area contributed by atoms with E-state index in [4.69, 9.17) is 5.73 Å². The number of halogens is 3. The number of unbranched alkanes of at least 4 members (excludes halogenated alkanes) is 4. The van der Waals surface area contributed by atoms with Gasteiger partial charge in [0, 0.05) is 12.4 Å². The van der Waals surface area contributed by atoms with E-state index in [1.165, 1.54) is 12.4 Å². The van der Waals surface area contributed by atoms with Crippen molar-refractivity contribution in [3.63, 3.8) is 0 Å². The fourth-order valence-electron chi connectivity index (χ4n) is 4.00. The van der Waals surface area contributed by atoms with Gasteiger partial charge in [0.05, 0.1) is 11.3 Å². The molecular formula is C24H28F3N5O. The van der Waals surface area contributed by atoms with Crippen LogP contribution in [0.4, 0.5) is 13.2 Å². The molecule has 0 saturated carbocycles. The van der Waals surface area contributed by atoms with Gasteiger partial charge in [-0.2, -0.15) is 18.3 Å². The molecule has 1 aromatic carbocycles. The summed E-state index contributed by atoms with van der Waals surface area (Å²) in [5.74, 6) is -1.33. The lowest BCUT2D eigenvalue weighted by Gasteiger charge is -2.19. The molecule has 9 heteroatoms. The van der Waals surface area contributed by atoms with Crippen molar-refractivity contribution in [3.05, 3.63) is 71.3 Å². The van der Waals surface area contributed by atoms with Crippen LogP contribution in [0.15, 0.2) is 48.8 Å². The van der Waals surface area contributed by atoms with Crippen LogP contribution in [0.2, 0.25) is 0 Å². The standard InChI is InChI=1S/C24H28F3N5O/c1-2-3-4-5-7-13-18(17-11-8-6-9-12-17)16-19-20(22(28)33)21(24(25,26)27)31-32(19)23-29-14-10-15-30-23/h6,8-12,14-15,18H,2-5,7,13,16H2,1H3,(H2,28,33). The average molecular weight is 460 g/mol. The van der Waals surface area contributed by atoms with Crippen LogP contribution in [0.25, 0.3) is 5.95 Å². The zero-order chi connectivity index (χ0) is 23.8. The van der Waals surface area contributed by atoms with Crippen molar-refractivity contribution in [1.82, 2.24) is 19.7 Å². The third kappa shape index (κ3) is 6.18. The highest BCUT2D eigenvalue weighted by molar-refractivity contribution is 5.95. The zero-order valence-electron chi connectivity index (χ0n) is 18.6. The number of rotatable bonds is 11. The molecule has 0 spiro atoms. The molecule has 0 saturated heterocycles. The first-order valence-electron chi connectivity index (χ1n) is 11.1. The first-order valence-corrected chi connectivity index (χ1v) is 11.1. The summed E-state index contributed by atoms with van der Waals surface area (Å²) >= 11 is 0. The lowest BCUT2D eigenvalue weighted by atomic mass is 9.87. The van der Waals surface area contributed by atoms with E-state index in [1.807, 2.05) is 30.3 Å². The maximum Gasteiger partial charge on any atom is 0.436 e. The largest absolute Gasteiger partial charge is 0.436 e. The summed E-state index contributed by atoms with van der Waals surface area (Å²) < 4.78 is 42.3. The van der Waals surface area contributed by atoms with Crippen molar-refractivity contribution >= 4 is 5.91 Å². The van der Waals surface area contributed by atoms with Gasteiger partial charge in [-0.1, -0.05) is 69.4 Å². The Bertz CT molecular complexity index is 1040. The van der Waals surface area contributed by atoms with E-state index in [2.05, 4.69) is 22.0 Å². The SMILES string of the molecule is CCCCCCCC(Cc1c(C(N)=O)c(C(F)(F)F)nn1-c1ncccn1)c1ccccc1. The number of nitrogens with two attached hydrogens (primary N) is 1. The van der Waals surface area contributed by atoms with Crippen LogP contribution < -0.4 is 5.73 Å². The number of benzene rings is 1. The molecular weight excluding hydrogens is 431 g/mol. The molecule has 2 heterocycles. The van der Waals surface area contributed by atoms with Gasteiger partial charge in [-0.15, -0.1) is 0 Å². The van der Waals surface area contributed by atoms with Gasteiger partial charge in [0.15, 0.2) is 5.69 Å². The Morgan fingerprint density at radius 2 is 1.70 bits per heavy atom. The van der Waals surface area contributed by atoms with Crippen LogP contribution in [-0.4, -0.2) is 25.7 Å². The molecule has 1 atom stereocenters. The molecule has 1 unspecified atom stereocenters. The quantitative estimate of drug-likeness (QED) is 0.386. The van der Waals surface area contributed by atoms with Crippen LogP contribution in [-0.2, 0) is 12.6 Å². The summed E-state index contributed by atoms with van der Waals surface area (Å²) in [6.07, 6.45) is 4.23. The van der Waals surface area contributed by atoms with Gasteiger partial charge < -0.3 is 5.73 Å². The number of aromatic nitrogens is 4. The highest BCUT2D eigenvalue weighted by Crippen LogP contribution is 2.36. The molecule has 0 bridgehead atoms. The Balaban J connectivity index is 2.05. The van der Waals surface area contributed by atoms with Crippen LogP contribution >= 0.6 is 0 Å². The molecule has 33 heavy (non-hydrogen) atoms. The third-order valence-corrected chi connectivity index (χ3v) is 5.60. The van der Waals surface area contributed by atoms with Gasteiger partial charge in [0.25, 0.3) is 11.9 Å². The van der Waals surface area contributed by atoms with Crippen LogP contribution in [0.1, 0.15) is 78.7 Å². The maximum absolute atomic E-state index is 13.8. The van der Waals surface area contributed by atoms with E-state index in [0.29, 0.717) is 0 Å². The minimum Gasteiger partial charge on any atom is -0.365 e. The molecule has 0 aliphatic heterocycles. The highest BCUT2D eigenvalue weighted by Gasteiger charge is 2.42.